The largest absolute Gasteiger partial charge is 0.497 e. The molecule has 3 aromatic rings. The van der Waals surface area contributed by atoms with Crippen LogP contribution in [0.1, 0.15) is 21.5 Å². The van der Waals surface area contributed by atoms with Gasteiger partial charge in [0.2, 0.25) is 0 Å². The van der Waals surface area contributed by atoms with Gasteiger partial charge in [-0.05, 0) is 29.3 Å². The first kappa shape index (κ1) is 15.7. The monoisotopic (exact) mass is 322 g/mol. The molecule has 1 amide bonds. The van der Waals surface area contributed by atoms with Crippen molar-refractivity contribution in [3.05, 3.63) is 77.9 Å². The van der Waals surface area contributed by atoms with Crippen LogP contribution in [0.25, 0.3) is 0 Å². The van der Waals surface area contributed by atoms with Crippen LogP contribution in [0, 0.1) is 0 Å². The Morgan fingerprint density at radius 2 is 1.96 bits per heavy atom. The van der Waals surface area contributed by atoms with Gasteiger partial charge in [0.15, 0.2) is 0 Å². The molecule has 0 saturated carbocycles. The number of hydrogen-bond acceptors (Lipinski definition) is 4. The van der Waals surface area contributed by atoms with Gasteiger partial charge in [0.25, 0.3) is 5.91 Å². The summed E-state index contributed by atoms with van der Waals surface area (Å²) in [6.45, 7) is 1.15. The van der Waals surface area contributed by atoms with Gasteiger partial charge < -0.3 is 10.1 Å². The van der Waals surface area contributed by atoms with Gasteiger partial charge in [-0.25, -0.2) is 9.67 Å². The Labute approximate surface area is 140 Å². The highest BCUT2D eigenvalue weighted by Gasteiger charge is 2.06. The zero-order valence-corrected chi connectivity index (χ0v) is 13.3. The molecule has 6 heteroatoms. The van der Waals surface area contributed by atoms with E-state index in [2.05, 4.69) is 15.4 Å². The van der Waals surface area contributed by atoms with E-state index in [-0.39, 0.29) is 5.91 Å². The Bertz CT molecular complexity index is 798. The molecule has 1 N–H and O–H groups in total. The second-order valence-corrected chi connectivity index (χ2v) is 5.32. The Balaban J connectivity index is 1.57. The van der Waals surface area contributed by atoms with Crippen molar-refractivity contribution in [2.45, 2.75) is 13.1 Å². The molecule has 0 saturated heterocycles. The number of aromatic nitrogens is 3. The van der Waals surface area contributed by atoms with Crippen molar-refractivity contribution in [1.29, 1.82) is 0 Å². The highest BCUT2D eigenvalue weighted by Crippen LogP contribution is 2.12. The van der Waals surface area contributed by atoms with Gasteiger partial charge in [0.1, 0.15) is 18.4 Å². The Kier molecular flexibility index (Phi) is 4.86. The topological polar surface area (TPSA) is 69.0 Å². The van der Waals surface area contributed by atoms with E-state index in [1.165, 1.54) is 6.33 Å². The summed E-state index contributed by atoms with van der Waals surface area (Å²) in [5.74, 6) is 0.542. The average Bonchev–Trinajstić information content (AvgIpc) is 3.14. The number of ether oxygens (including phenoxy) is 1. The van der Waals surface area contributed by atoms with Gasteiger partial charge in [-0.3, -0.25) is 4.79 Å². The third-order valence-corrected chi connectivity index (χ3v) is 3.62. The zero-order valence-electron chi connectivity index (χ0n) is 13.3. The van der Waals surface area contributed by atoms with E-state index >= 15 is 0 Å². The van der Waals surface area contributed by atoms with Gasteiger partial charge >= 0.3 is 0 Å². The lowest BCUT2D eigenvalue weighted by molar-refractivity contribution is 0.0950. The molecule has 2 aromatic carbocycles. The fourth-order valence-corrected chi connectivity index (χ4v) is 2.31. The first-order valence-electron chi connectivity index (χ1n) is 7.57. The van der Waals surface area contributed by atoms with Crippen LogP contribution < -0.4 is 10.1 Å². The average molecular weight is 322 g/mol. The summed E-state index contributed by atoms with van der Waals surface area (Å²) >= 11 is 0. The minimum Gasteiger partial charge on any atom is -0.497 e. The predicted octanol–water partition coefficient (Wildman–Crippen LogP) is 2.26. The fourth-order valence-electron chi connectivity index (χ4n) is 2.31. The first-order chi connectivity index (χ1) is 11.7. The van der Waals surface area contributed by atoms with Crippen molar-refractivity contribution in [3.63, 3.8) is 0 Å². The SMILES string of the molecule is COc1cccc(C(=O)NCc2ccc(Cn3cncn3)cc2)c1. The molecule has 0 atom stereocenters. The van der Waals surface area contributed by atoms with Crippen molar-refractivity contribution in [1.82, 2.24) is 20.1 Å². The van der Waals surface area contributed by atoms with Crippen LogP contribution in [-0.4, -0.2) is 27.8 Å². The maximum absolute atomic E-state index is 12.2. The van der Waals surface area contributed by atoms with Crippen molar-refractivity contribution < 1.29 is 9.53 Å². The number of carbonyl (C=O) groups excluding carboxylic acids is 1. The van der Waals surface area contributed by atoms with Gasteiger partial charge in [-0.1, -0.05) is 30.3 Å². The number of benzene rings is 2. The van der Waals surface area contributed by atoms with Gasteiger partial charge in [0, 0.05) is 12.1 Å². The molecule has 3 rings (SSSR count). The number of amides is 1. The van der Waals surface area contributed by atoms with Crippen LogP contribution in [0.2, 0.25) is 0 Å². The highest BCUT2D eigenvalue weighted by molar-refractivity contribution is 5.94. The third kappa shape index (κ3) is 3.98. The van der Waals surface area contributed by atoms with Crippen molar-refractivity contribution in [2.75, 3.05) is 7.11 Å². The maximum Gasteiger partial charge on any atom is 0.251 e. The molecule has 0 bridgehead atoms. The number of carbonyl (C=O) groups is 1. The van der Waals surface area contributed by atoms with E-state index in [1.807, 2.05) is 30.3 Å². The summed E-state index contributed by atoms with van der Waals surface area (Å²) < 4.78 is 6.90. The number of methoxy groups -OCH3 is 1. The summed E-state index contributed by atoms with van der Waals surface area (Å²) in [5, 5.41) is 6.99. The van der Waals surface area contributed by atoms with Gasteiger partial charge in [0.05, 0.1) is 13.7 Å². The summed E-state index contributed by atoms with van der Waals surface area (Å²) in [6, 6.07) is 15.1. The highest BCUT2D eigenvalue weighted by atomic mass is 16.5. The summed E-state index contributed by atoms with van der Waals surface area (Å²) in [4.78, 5) is 16.1. The third-order valence-electron chi connectivity index (χ3n) is 3.62. The lowest BCUT2D eigenvalue weighted by Gasteiger charge is -2.08. The molecule has 0 aliphatic carbocycles. The van der Waals surface area contributed by atoms with Crippen LogP contribution >= 0.6 is 0 Å². The minimum atomic E-state index is -0.124. The molecule has 1 heterocycles. The molecule has 6 nitrogen and oxygen atoms in total. The van der Waals surface area contributed by atoms with Crippen molar-refractivity contribution in [3.8, 4) is 5.75 Å². The molecule has 0 fully saturated rings. The van der Waals surface area contributed by atoms with Crippen molar-refractivity contribution >= 4 is 5.91 Å². The van der Waals surface area contributed by atoms with Crippen LogP contribution in [0.15, 0.2) is 61.2 Å². The number of hydrogen-bond donors (Lipinski definition) is 1. The molecule has 0 aliphatic rings. The van der Waals surface area contributed by atoms with E-state index < -0.39 is 0 Å². The first-order valence-corrected chi connectivity index (χ1v) is 7.57. The summed E-state index contributed by atoms with van der Waals surface area (Å²) in [5.41, 5.74) is 2.74. The number of nitrogens with zero attached hydrogens (tertiary/aromatic N) is 3. The number of nitrogens with one attached hydrogen (secondary N) is 1. The summed E-state index contributed by atoms with van der Waals surface area (Å²) in [7, 11) is 1.58. The molecule has 0 radical (unpaired) electrons. The minimum absolute atomic E-state index is 0.124. The van der Waals surface area contributed by atoms with Crippen LogP contribution in [0.4, 0.5) is 0 Å². The van der Waals surface area contributed by atoms with E-state index in [0.29, 0.717) is 24.4 Å². The standard InChI is InChI=1S/C18H18N4O2/c1-24-17-4-2-3-16(9-17)18(23)20-10-14-5-7-15(8-6-14)11-22-13-19-12-21-22/h2-9,12-13H,10-11H2,1H3,(H,20,23). The second-order valence-electron chi connectivity index (χ2n) is 5.32. The predicted molar refractivity (Wildman–Crippen MR) is 89.7 cm³/mol. The van der Waals surface area contributed by atoms with E-state index in [9.17, 15) is 4.79 Å². The van der Waals surface area contributed by atoms with Crippen molar-refractivity contribution in [2.24, 2.45) is 0 Å². The maximum atomic E-state index is 12.2. The Hall–Kier alpha value is -3.15. The number of rotatable bonds is 6. The van der Waals surface area contributed by atoms with Crippen LogP contribution in [-0.2, 0) is 13.1 Å². The lowest BCUT2D eigenvalue weighted by Crippen LogP contribution is -2.22. The van der Waals surface area contributed by atoms with Gasteiger partial charge in [-0.2, -0.15) is 5.10 Å². The molecule has 0 spiro atoms. The van der Waals surface area contributed by atoms with Gasteiger partial charge in [-0.15, -0.1) is 0 Å². The Morgan fingerprint density at radius 1 is 1.17 bits per heavy atom. The van der Waals surface area contributed by atoms with E-state index in [4.69, 9.17) is 4.74 Å². The molecule has 1 aromatic heterocycles. The Morgan fingerprint density at radius 3 is 2.67 bits per heavy atom. The molecule has 0 unspecified atom stereocenters. The normalized spacial score (nSPS) is 10.4. The lowest BCUT2D eigenvalue weighted by atomic mass is 10.1. The van der Waals surface area contributed by atoms with E-state index in [0.717, 1.165) is 11.1 Å². The summed E-state index contributed by atoms with van der Waals surface area (Å²) in [6.07, 6.45) is 3.20. The molecular weight excluding hydrogens is 304 g/mol. The van der Waals surface area contributed by atoms with Crippen LogP contribution in [0.3, 0.4) is 0 Å². The molecular formula is C18H18N4O2. The smallest absolute Gasteiger partial charge is 0.251 e. The molecule has 24 heavy (non-hydrogen) atoms. The molecule has 122 valence electrons. The van der Waals surface area contributed by atoms with Crippen LogP contribution in [0.5, 0.6) is 5.75 Å². The molecule has 0 aliphatic heterocycles. The fraction of sp³-hybridized carbons (Fsp3) is 0.167. The second kappa shape index (κ2) is 7.41. The zero-order chi connectivity index (χ0) is 16.8. The van der Waals surface area contributed by atoms with E-state index in [1.54, 1.807) is 36.3 Å². The quantitative estimate of drug-likeness (QED) is 0.756.